The topological polar surface area (TPSA) is 33.1 Å². The van der Waals surface area contributed by atoms with Gasteiger partial charge in [-0.2, -0.15) is 0 Å². The van der Waals surface area contributed by atoms with Gasteiger partial charge >= 0.3 is 0 Å². The van der Waals surface area contributed by atoms with Crippen LogP contribution in [0.1, 0.15) is 92.8 Å². The highest BCUT2D eigenvalue weighted by Gasteiger charge is 2.34. The van der Waals surface area contributed by atoms with Gasteiger partial charge < -0.3 is 5.11 Å². The Kier molecular flexibility index (Phi) is 4.19. The maximum atomic E-state index is 10.4. The van der Waals surface area contributed by atoms with E-state index in [1.54, 1.807) is 11.3 Å². The molecule has 1 aromatic heterocycles. The van der Waals surface area contributed by atoms with E-state index in [-0.39, 0.29) is 11.5 Å². The van der Waals surface area contributed by atoms with Crippen LogP contribution in [0.5, 0.6) is 0 Å². The molecule has 2 aliphatic rings. The Labute approximate surface area is 126 Å². The quantitative estimate of drug-likeness (QED) is 0.792. The summed E-state index contributed by atoms with van der Waals surface area (Å²) in [4.78, 5) is 6.12. The molecule has 2 nitrogen and oxygen atoms in total. The molecule has 112 valence electrons. The Morgan fingerprint density at radius 2 is 1.75 bits per heavy atom. The van der Waals surface area contributed by atoms with Gasteiger partial charge in [-0.1, -0.05) is 46.0 Å². The number of aromatic nitrogens is 1. The molecule has 0 saturated heterocycles. The Balaban J connectivity index is 1.81. The fourth-order valence-corrected chi connectivity index (χ4v) is 5.03. The lowest BCUT2D eigenvalue weighted by Crippen LogP contribution is -2.24. The second-order valence-corrected chi connectivity index (χ2v) is 8.53. The zero-order valence-corrected chi connectivity index (χ0v) is 13.6. The SMILES string of the molecule is CC1(C)Cc2nc(C3CCCCCCC3)sc2C(O)C1. The molecule has 1 atom stereocenters. The van der Waals surface area contributed by atoms with Crippen molar-refractivity contribution in [1.82, 2.24) is 4.98 Å². The summed E-state index contributed by atoms with van der Waals surface area (Å²) in [5.74, 6) is 0.654. The molecule has 0 radical (unpaired) electrons. The van der Waals surface area contributed by atoms with Gasteiger partial charge in [0.05, 0.1) is 21.7 Å². The molecule has 0 spiro atoms. The number of hydrogen-bond donors (Lipinski definition) is 1. The van der Waals surface area contributed by atoms with Crippen molar-refractivity contribution < 1.29 is 5.11 Å². The minimum Gasteiger partial charge on any atom is -0.387 e. The maximum absolute atomic E-state index is 10.4. The van der Waals surface area contributed by atoms with Crippen LogP contribution in [-0.2, 0) is 6.42 Å². The first-order valence-electron chi connectivity index (χ1n) is 8.23. The van der Waals surface area contributed by atoms with Gasteiger partial charge in [-0.15, -0.1) is 11.3 Å². The summed E-state index contributed by atoms with van der Waals surface area (Å²) in [6, 6.07) is 0. The first kappa shape index (κ1) is 14.5. The van der Waals surface area contributed by atoms with Gasteiger partial charge in [0.2, 0.25) is 0 Å². The van der Waals surface area contributed by atoms with Crippen molar-refractivity contribution in [3.8, 4) is 0 Å². The Bertz CT molecular complexity index is 458. The highest BCUT2D eigenvalue weighted by Crippen LogP contribution is 2.45. The average molecular weight is 293 g/mol. The average Bonchev–Trinajstić information content (AvgIpc) is 2.70. The maximum Gasteiger partial charge on any atom is 0.0963 e. The predicted octanol–water partition coefficient (Wildman–Crippen LogP) is 4.98. The van der Waals surface area contributed by atoms with Gasteiger partial charge in [0.15, 0.2) is 0 Å². The summed E-state index contributed by atoms with van der Waals surface area (Å²) in [5.41, 5.74) is 1.38. The second kappa shape index (κ2) is 5.76. The summed E-state index contributed by atoms with van der Waals surface area (Å²) in [6.45, 7) is 4.49. The molecule has 0 aliphatic heterocycles. The lowest BCUT2D eigenvalue weighted by Gasteiger charge is -2.31. The molecule has 3 heteroatoms. The van der Waals surface area contributed by atoms with E-state index in [0.717, 1.165) is 12.8 Å². The molecule has 1 saturated carbocycles. The summed E-state index contributed by atoms with van der Waals surface area (Å²) in [7, 11) is 0. The number of nitrogens with zero attached hydrogens (tertiary/aromatic N) is 1. The van der Waals surface area contributed by atoms with E-state index in [2.05, 4.69) is 13.8 Å². The van der Waals surface area contributed by atoms with Gasteiger partial charge in [0.1, 0.15) is 0 Å². The normalized spacial score (nSPS) is 27.6. The van der Waals surface area contributed by atoms with E-state index < -0.39 is 0 Å². The lowest BCUT2D eigenvalue weighted by atomic mass is 9.77. The molecule has 3 rings (SSSR count). The lowest BCUT2D eigenvalue weighted by molar-refractivity contribution is 0.102. The third-order valence-corrected chi connectivity index (χ3v) is 6.25. The van der Waals surface area contributed by atoms with Crippen LogP contribution in [0.3, 0.4) is 0 Å². The summed E-state index contributed by atoms with van der Waals surface area (Å²) in [6.07, 6.45) is 11.1. The van der Waals surface area contributed by atoms with E-state index in [1.165, 1.54) is 60.5 Å². The van der Waals surface area contributed by atoms with Crippen molar-refractivity contribution in [1.29, 1.82) is 0 Å². The molecule has 0 bridgehead atoms. The number of aliphatic hydroxyl groups excluding tert-OH is 1. The molecule has 1 aromatic rings. The highest BCUT2D eigenvalue weighted by molar-refractivity contribution is 7.11. The van der Waals surface area contributed by atoms with E-state index in [9.17, 15) is 5.11 Å². The van der Waals surface area contributed by atoms with Crippen LogP contribution in [0, 0.1) is 5.41 Å². The number of hydrogen-bond acceptors (Lipinski definition) is 3. The Morgan fingerprint density at radius 1 is 1.10 bits per heavy atom. The third kappa shape index (κ3) is 3.09. The zero-order valence-electron chi connectivity index (χ0n) is 12.8. The monoisotopic (exact) mass is 293 g/mol. The molecular weight excluding hydrogens is 266 g/mol. The smallest absolute Gasteiger partial charge is 0.0963 e. The number of rotatable bonds is 1. The van der Waals surface area contributed by atoms with Crippen molar-refractivity contribution in [2.75, 3.05) is 0 Å². The van der Waals surface area contributed by atoms with Gasteiger partial charge in [0, 0.05) is 5.92 Å². The van der Waals surface area contributed by atoms with E-state index in [4.69, 9.17) is 4.98 Å². The van der Waals surface area contributed by atoms with Crippen LogP contribution in [-0.4, -0.2) is 10.1 Å². The van der Waals surface area contributed by atoms with Gasteiger partial charge in [-0.25, -0.2) is 4.98 Å². The Morgan fingerprint density at radius 3 is 2.45 bits per heavy atom. The third-order valence-electron chi connectivity index (χ3n) is 4.89. The number of aliphatic hydroxyl groups is 1. The van der Waals surface area contributed by atoms with E-state index in [0.29, 0.717) is 5.92 Å². The van der Waals surface area contributed by atoms with Crippen molar-refractivity contribution in [3.63, 3.8) is 0 Å². The van der Waals surface area contributed by atoms with Gasteiger partial charge in [0.25, 0.3) is 0 Å². The van der Waals surface area contributed by atoms with E-state index >= 15 is 0 Å². The molecule has 20 heavy (non-hydrogen) atoms. The second-order valence-electron chi connectivity index (χ2n) is 7.47. The van der Waals surface area contributed by atoms with Crippen LogP contribution < -0.4 is 0 Å². The van der Waals surface area contributed by atoms with E-state index in [1.807, 2.05) is 0 Å². The van der Waals surface area contributed by atoms with Crippen molar-refractivity contribution in [3.05, 3.63) is 15.6 Å². The van der Waals surface area contributed by atoms with Crippen molar-refractivity contribution >= 4 is 11.3 Å². The first-order valence-corrected chi connectivity index (χ1v) is 9.04. The van der Waals surface area contributed by atoms with Crippen LogP contribution in [0.25, 0.3) is 0 Å². The fourth-order valence-electron chi connectivity index (χ4n) is 3.79. The van der Waals surface area contributed by atoms with Gasteiger partial charge in [-0.05, 0) is 31.1 Å². The standard InChI is InChI=1S/C17H27NOS/c1-17(2)10-13-15(14(19)11-17)20-16(18-13)12-8-6-4-3-5-7-9-12/h12,14,19H,3-11H2,1-2H3. The molecule has 1 unspecified atom stereocenters. The van der Waals surface area contributed by atoms with Crippen LogP contribution in [0.15, 0.2) is 0 Å². The molecule has 2 aliphatic carbocycles. The van der Waals surface area contributed by atoms with Crippen LogP contribution in [0.2, 0.25) is 0 Å². The van der Waals surface area contributed by atoms with Crippen molar-refractivity contribution in [2.45, 2.75) is 83.7 Å². The first-order chi connectivity index (χ1) is 9.55. The number of fused-ring (bicyclic) bond motifs is 1. The summed E-state index contributed by atoms with van der Waals surface area (Å²) >= 11 is 1.81. The minimum absolute atomic E-state index is 0.193. The minimum atomic E-state index is -0.284. The molecule has 1 heterocycles. The molecule has 1 fully saturated rings. The summed E-state index contributed by atoms with van der Waals surface area (Å²) in [5, 5.41) is 11.7. The molecule has 1 N–H and O–H groups in total. The Hall–Kier alpha value is -0.410. The zero-order chi connectivity index (χ0) is 14.2. The largest absolute Gasteiger partial charge is 0.387 e. The number of thiazole rings is 1. The molecular formula is C17H27NOS. The molecule has 0 amide bonds. The van der Waals surface area contributed by atoms with Crippen LogP contribution >= 0.6 is 11.3 Å². The predicted molar refractivity (Wildman–Crippen MR) is 84.2 cm³/mol. The molecule has 0 aromatic carbocycles. The highest BCUT2D eigenvalue weighted by atomic mass is 32.1. The fraction of sp³-hybridized carbons (Fsp3) is 0.824. The van der Waals surface area contributed by atoms with Gasteiger partial charge in [-0.3, -0.25) is 0 Å². The van der Waals surface area contributed by atoms with Crippen molar-refractivity contribution in [2.24, 2.45) is 5.41 Å². The van der Waals surface area contributed by atoms with Crippen LogP contribution in [0.4, 0.5) is 0 Å². The summed E-state index contributed by atoms with van der Waals surface area (Å²) < 4.78 is 0.